The van der Waals surface area contributed by atoms with E-state index in [1.54, 1.807) is 13.3 Å². The molecule has 0 saturated heterocycles. The molecule has 0 spiro atoms. The summed E-state index contributed by atoms with van der Waals surface area (Å²) in [4.78, 5) is 15.6. The summed E-state index contributed by atoms with van der Waals surface area (Å²) >= 11 is 0. The molecular formula is C14H23N3O3. The lowest BCUT2D eigenvalue weighted by Gasteiger charge is -2.19. The van der Waals surface area contributed by atoms with Crippen molar-refractivity contribution in [3.05, 3.63) is 18.3 Å². The normalized spacial score (nSPS) is 10.8. The molecule has 0 aliphatic carbocycles. The molecule has 6 nitrogen and oxygen atoms in total. The first-order valence-electron chi connectivity index (χ1n) is 6.62. The van der Waals surface area contributed by atoms with Gasteiger partial charge >= 0.3 is 6.09 Å². The summed E-state index contributed by atoms with van der Waals surface area (Å²) < 4.78 is 10.3. The highest BCUT2D eigenvalue weighted by Gasteiger charge is 2.15. The Bertz CT molecular complexity index is 430. The van der Waals surface area contributed by atoms with Crippen LogP contribution in [0.1, 0.15) is 27.2 Å². The number of nitrogens with zero attached hydrogens (tertiary/aromatic N) is 1. The fourth-order valence-corrected chi connectivity index (χ4v) is 1.49. The molecule has 0 fully saturated rings. The van der Waals surface area contributed by atoms with Gasteiger partial charge in [-0.15, -0.1) is 0 Å². The van der Waals surface area contributed by atoms with Gasteiger partial charge in [-0.2, -0.15) is 0 Å². The Kier molecular flexibility index (Phi) is 6.09. The van der Waals surface area contributed by atoms with E-state index in [9.17, 15) is 4.79 Å². The molecule has 2 N–H and O–H groups in total. The molecule has 1 amide bonds. The van der Waals surface area contributed by atoms with Crippen LogP contribution in [0.3, 0.4) is 0 Å². The first-order valence-corrected chi connectivity index (χ1v) is 6.62. The molecule has 0 aliphatic heterocycles. The number of amides is 1. The molecule has 6 heteroatoms. The summed E-state index contributed by atoms with van der Waals surface area (Å²) in [6.45, 7) is 6.73. The highest BCUT2D eigenvalue weighted by Crippen LogP contribution is 2.19. The van der Waals surface area contributed by atoms with Crippen LogP contribution in [-0.2, 0) is 4.74 Å². The van der Waals surface area contributed by atoms with Gasteiger partial charge < -0.3 is 20.1 Å². The van der Waals surface area contributed by atoms with Gasteiger partial charge in [0.1, 0.15) is 5.60 Å². The highest BCUT2D eigenvalue weighted by molar-refractivity contribution is 5.67. The minimum atomic E-state index is -0.469. The number of nitrogens with one attached hydrogen (secondary N) is 2. The van der Waals surface area contributed by atoms with E-state index in [-0.39, 0.29) is 0 Å². The van der Waals surface area contributed by atoms with Crippen molar-refractivity contribution in [2.24, 2.45) is 0 Å². The lowest BCUT2D eigenvalue weighted by Crippen LogP contribution is -2.33. The van der Waals surface area contributed by atoms with Crippen LogP contribution in [0, 0.1) is 0 Å². The Morgan fingerprint density at radius 2 is 2.10 bits per heavy atom. The number of hydrogen-bond acceptors (Lipinski definition) is 5. The van der Waals surface area contributed by atoms with E-state index >= 15 is 0 Å². The molecule has 0 bridgehead atoms. The topological polar surface area (TPSA) is 72.5 Å². The molecule has 0 aliphatic rings. The molecule has 0 aromatic carbocycles. The van der Waals surface area contributed by atoms with Crippen molar-refractivity contribution >= 4 is 11.9 Å². The smallest absolute Gasteiger partial charge is 0.407 e. The number of aromatic nitrogens is 1. The van der Waals surface area contributed by atoms with Crippen LogP contribution >= 0.6 is 0 Å². The third-order valence-electron chi connectivity index (χ3n) is 2.30. The number of carbonyl (C=O) groups is 1. The molecule has 112 valence electrons. The third kappa shape index (κ3) is 6.26. The molecule has 0 unspecified atom stereocenters. The fraction of sp³-hybridized carbons (Fsp3) is 0.571. The molecule has 1 heterocycles. The zero-order valence-corrected chi connectivity index (χ0v) is 12.5. The molecule has 1 aromatic rings. The Labute approximate surface area is 119 Å². The number of anilines is 1. The Morgan fingerprint density at radius 3 is 2.75 bits per heavy atom. The number of alkyl carbamates (subject to hydrolysis) is 1. The molecule has 0 atom stereocenters. The van der Waals surface area contributed by atoms with E-state index in [0.29, 0.717) is 24.7 Å². The largest absolute Gasteiger partial charge is 0.493 e. The second-order valence-corrected chi connectivity index (χ2v) is 5.26. The van der Waals surface area contributed by atoms with Crippen molar-refractivity contribution < 1.29 is 14.3 Å². The fourth-order valence-electron chi connectivity index (χ4n) is 1.49. The highest BCUT2D eigenvalue weighted by atomic mass is 16.6. The molecule has 1 aromatic heterocycles. The second kappa shape index (κ2) is 7.57. The van der Waals surface area contributed by atoms with Crippen molar-refractivity contribution in [3.8, 4) is 5.75 Å². The summed E-state index contributed by atoms with van der Waals surface area (Å²) in [5.74, 6) is 1.40. The van der Waals surface area contributed by atoms with Crippen LogP contribution < -0.4 is 15.4 Å². The summed E-state index contributed by atoms with van der Waals surface area (Å²) in [5.41, 5.74) is -0.469. The quantitative estimate of drug-likeness (QED) is 0.783. The van der Waals surface area contributed by atoms with Gasteiger partial charge in [0.25, 0.3) is 0 Å². The van der Waals surface area contributed by atoms with Gasteiger partial charge in [0.05, 0.1) is 7.11 Å². The Morgan fingerprint density at radius 1 is 1.35 bits per heavy atom. The maximum absolute atomic E-state index is 11.4. The van der Waals surface area contributed by atoms with Gasteiger partial charge in [-0.3, -0.25) is 0 Å². The van der Waals surface area contributed by atoms with Crippen molar-refractivity contribution in [1.82, 2.24) is 10.3 Å². The maximum Gasteiger partial charge on any atom is 0.407 e. The van der Waals surface area contributed by atoms with Crippen LogP contribution in [0.25, 0.3) is 0 Å². The van der Waals surface area contributed by atoms with Gasteiger partial charge in [0.2, 0.25) is 0 Å². The van der Waals surface area contributed by atoms with Crippen LogP contribution in [-0.4, -0.2) is 36.9 Å². The number of ether oxygens (including phenoxy) is 2. The van der Waals surface area contributed by atoms with Gasteiger partial charge in [-0.25, -0.2) is 9.78 Å². The minimum absolute atomic E-state index is 0.395. The monoisotopic (exact) mass is 281 g/mol. The second-order valence-electron chi connectivity index (χ2n) is 5.26. The van der Waals surface area contributed by atoms with E-state index < -0.39 is 11.7 Å². The molecule has 20 heavy (non-hydrogen) atoms. The van der Waals surface area contributed by atoms with Gasteiger partial charge in [0.15, 0.2) is 11.6 Å². The average Bonchev–Trinajstić information content (AvgIpc) is 2.36. The SMILES string of the molecule is COc1cccnc1NCCCNC(=O)OC(C)(C)C. The van der Waals surface area contributed by atoms with Crippen molar-refractivity contribution in [1.29, 1.82) is 0 Å². The number of methoxy groups -OCH3 is 1. The van der Waals surface area contributed by atoms with Crippen molar-refractivity contribution in [2.45, 2.75) is 32.8 Å². The van der Waals surface area contributed by atoms with Crippen LogP contribution in [0.2, 0.25) is 0 Å². The number of rotatable bonds is 6. The van der Waals surface area contributed by atoms with Crippen LogP contribution in [0.4, 0.5) is 10.6 Å². The molecule has 1 rings (SSSR count). The predicted octanol–water partition coefficient (Wildman–Crippen LogP) is 2.42. The van der Waals surface area contributed by atoms with Gasteiger partial charge in [0, 0.05) is 19.3 Å². The molecular weight excluding hydrogens is 258 g/mol. The molecule has 0 radical (unpaired) electrons. The third-order valence-corrected chi connectivity index (χ3v) is 2.30. The summed E-state index contributed by atoms with van der Waals surface area (Å²) in [5, 5.41) is 5.86. The van der Waals surface area contributed by atoms with E-state index in [0.717, 1.165) is 6.42 Å². The van der Waals surface area contributed by atoms with E-state index in [1.807, 2.05) is 32.9 Å². The summed E-state index contributed by atoms with van der Waals surface area (Å²) in [6.07, 6.45) is 2.07. The average molecular weight is 281 g/mol. The van der Waals surface area contributed by atoms with Crippen molar-refractivity contribution in [2.75, 3.05) is 25.5 Å². The van der Waals surface area contributed by atoms with Gasteiger partial charge in [-0.1, -0.05) is 0 Å². The molecule has 0 saturated carbocycles. The maximum atomic E-state index is 11.4. The van der Waals surface area contributed by atoms with Crippen LogP contribution in [0.15, 0.2) is 18.3 Å². The minimum Gasteiger partial charge on any atom is -0.493 e. The predicted molar refractivity (Wildman–Crippen MR) is 78.1 cm³/mol. The Hall–Kier alpha value is -1.98. The Balaban J connectivity index is 2.21. The zero-order chi connectivity index (χ0) is 15.0. The van der Waals surface area contributed by atoms with E-state index in [1.165, 1.54) is 0 Å². The zero-order valence-electron chi connectivity index (χ0n) is 12.5. The first kappa shape index (κ1) is 16.1. The van der Waals surface area contributed by atoms with Crippen molar-refractivity contribution in [3.63, 3.8) is 0 Å². The lowest BCUT2D eigenvalue weighted by molar-refractivity contribution is 0.0528. The lowest BCUT2D eigenvalue weighted by atomic mass is 10.2. The number of pyridine rings is 1. The van der Waals surface area contributed by atoms with E-state index in [2.05, 4.69) is 15.6 Å². The standard InChI is InChI=1S/C14H23N3O3/c1-14(2,3)20-13(18)17-10-6-9-16-12-11(19-4)7-5-8-15-12/h5,7-8H,6,9-10H2,1-4H3,(H,15,16)(H,17,18). The first-order chi connectivity index (χ1) is 9.42. The van der Waals surface area contributed by atoms with E-state index in [4.69, 9.17) is 9.47 Å². The van der Waals surface area contributed by atoms with Crippen LogP contribution in [0.5, 0.6) is 5.75 Å². The van der Waals surface area contributed by atoms with Gasteiger partial charge in [-0.05, 0) is 39.3 Å². The summed E-state index contributed by atoms with van der Waals surface area (Å²) in [7, 11) is 1.60. The summed E-state index contributed by atoms with van der Waals surface area (Å²) in [6, 6.07) is 3.66. The number of carbonyl (C=O) groups excluding carboxylic acids is 1. The number of hydrogen-bond donors (Lipinski definition) is 2.